The average Bonchev–Trinajstić information content (AvgIpc) is 2.74. The first-order valence-corrected chi connectivity index (χ1v) is 10.3. The van der Waals surface area contributed by atoms with E-state index in [0.717, 1.165) is 5.82 Å². The van der Waals surface area contributed by atoms with Crippen LogP contribution in [0.4, 0.5) is 5.82 Å². The monoisotopic (exact) mass is 442 g/mol. The summed E-state index contributed by atoms with van der Waals surface area (Å²) >= 11 is 12.2. The van der Waals surface area contributed by atoms with Gasteiger partial charge in [0.15, 0.2) is 0 Å². The molecule has 154 valence electrons. The van der Waals surface area contributed by atoms with E-state index in [1.165, 1.54) is 6.33 Å². The highest BCUT2D eigenvalue weighted by atomic mass is 35.5. The fourth-order valence-electron chi connectivity index (χ4n) is 3.47. The molecular formula is C22H20Cl2N4O2. The molecule has 30 heavy (non-hydrogen) atoms. The Balaban J connectivity index is 1.45. The molecule has 1 amide bonds. The van der Waals surface area contributed by atoms with Crippen LogP contribution in [0.25, 0.3) is 0 Å². The third-order valence-corrected chi connectivity index (χ3v) is 5.53. The number of carbonyl (C=O) groups excluding carboxylic acids is 1. The number of hydrogen-bond acceptors (Lipinski definition) is 5. The lowest BCUT2D eigenvalue weighted by Crippen LogP contribution is -2.54. The summed E-state index contributed by atoms with van der Waals surface area (Å²) in [4.78, 5) is 25.5. The predicted octanol–water partition coefficient (Wildman–Crippen LogP) is 4.93. The zero-order chi connectivity index (χ0) is 21.1. The van der Waals surface area contributed by atoms with E-state index in [4.69, 9.17) is 27.9 Å². The number of piperazine rings is 1. The quantitative estimate of drug-likeness (QED) is 0.573. The van der Waals surface area contributed by atoms with Crippen molar-refractivity contribution >= 4 is 34.9 Å². The first-order valence-electron chi connectivity index (χ1n) is 9.57. The summed E-state index contributed by atoms with van der Waals surface area (Å²) in [6.07, 6.45) is 1.47. The number of rotatable bonds is 4. The van der Waals surface area contributed by atoms with Crippen LogP contribution < -0.4 is 9.64 Å². The molecule has 1 aromatic heterocycles. The highest BCUT2D eigenvalue weighted by Crippen LogP contribution is 2.26. The molecule has 0 spiro atoms. The smallest absolute Gasteiger partial charge is 0.255 e. The normalized spacial score (nSPS) is 16.4. The third-order valence-electron chi connectivity index (χ3n) is 4.96. The summed E-state index contributed by atoms with van der Waals surface area (Å²) in [7, 11) is 0. The molecule has 1 aliphatic heterocycles. The Morgan fingerprint density at radius 3 is 2.67 bits per heavy atom. The average molecular weight is 443 g/mol. The van der Waals surface area contributed by atoms with Crippen LogP contribution in [0.1, 0.15) is 17.3 Å². The Morgan fingerprint density at radius 2 is 1.90 bits per heavy atom. The fourth-order valence-corrected chi connectivity index (χ4v) is 3.86. The van der Waals surface area contributed by atoms with Crippen LogP contribution >= 0.6 is 23.2 Å². The van der Waals surface area contributed by atoms with Crippen molar-refractivity contribution in [2.24, 2.45) is 0 Å². The van der Waals surface area contributed by atoms with Crippen molar-refractivity contribution in [1.82, 2.24) is 14.9 Å². The van der Waals surface area contributed by atoms with Gasteiger partial charge in [0.05, 0.1) is 10.6 Å². The van der Waals surface area contributed by atoms with Gasteiger partial charge in [-0.1, -0.05) is 41.4 Å². The number of nitrogens with zero attached hydrogens (tertiary/aromatic N) is 4. The molecule has 3 aromatic rings. The summed E-state index contributed by atoms with van der Waals surface area (Å²) in [6.45, 7) is 3.88. The Bertz CT molecular complexity index is 1060. The minimum Gasteiger partial charge on any atom is -0.439 e. The number of halogens is 2. The van der Waals surface area contributed by atoms with E-state index in [0.29, 0.717) is 46.9 Å². The zero-order valence-corrected chi connectivity index (χ0v) is 17.8. The first kappa shape index (κ1) is 20.4. The molecule has 0 aliphatic carbocycles. The van der Waals surface area contributed by atoms with Crippen LogP contribution in [0.3, 0.4) is 0 Å². The largest absolute Gasteiger partial charge is 0.439 e. The van der Waals surface area contributed by atoms with E-state index < -0.39 is 0 Å². The van der Waals surface area contributed by atoms with Crippen molar-refractivity contribution in [3.05, 3.63) is 76.5 Å². The highest BCUT2D eigenvalue weighted by molar-refractivity contribution is 6.33. The maximum Gasteiger partial charge on any atom is 0.255 e. The summed E-state index contributed by atoms with van der Waals surface area (Å²) in [6, 6.07) is 16.1. The number of ether oxygens (including phenoxy) is 1. The van der Waals surface area contributed by atoms with Crippen molar-refractivity contribution in [2.75, 3.05) is 24.5 Å². The van der Waals surface area contributed by atoms with Gasteiger partial charge in [0, 0.05) is 36.8 Å². The molecule has 0 bridgehead atoms. The van der Waals surface area contributed by atoms with Gasteiger partial charge >= 0.3 is 0 Å². The molecule has 8 heteroatoms. The maximum absolute atomic E-state index is 12.9. The van der Waals surface area contributed by atoms with Crippen molar-refractivity contribution in [1.29, 1.82) is 0 Å². The van der Waals surface area contributed by atoms with Crippen LogP contribution in [0, 0.1) is 0 Å². The van der Waals surface area contributed by atoms with Gasteiger partial charge in [-0.3, -0.25) is 4.79 Å². The molecule has 2 heterocycles. The first-order chi connectivity index (χ1) is 14.5. The summed E-state index contributed by atoms with van der Waals surface area (Å²) in [5, 5.41) is 1.06. The molecule has 1 atom stereocenters. The molecule has 1 saturated heterocycles. The van der Waals surface area contributed by atoms with E-state index in [1.54, 1.807) is 30.3 Å². The SMILES string of the molecule is C[C@H]1CN(c2cc(Oc3cccc(Cl)c3)ncn2)CCN1C(=O)c1ccccc1Cl. The van der Waals surface area contributed by atoms with Gasteiger partial charge in [-0.25, -0.2) is 9.97 Å². The highest BCUT2D eigenvalue weighted by Gasteiger charge is 2.29. The van der Waals surface area contributed by atoms with Crippen LogP contribution in [0.15, 0.2) is 60.9 Å². The second-order valence-corrected chi connectivity index (χ2v) is 7.89. The van der Waals surface area contributed by atoms with Gasteiger partial charge in [0.2, 0.25) is 5.88 Å². The van der Waals surface area contributed by atoms with Crippen LogP contribution in [-0.2, 0) is 0 Å². The standard InChI is InChI=1S/C22H20Cl2N4O2/c1-15-13-27(9-10-28(15)22(29)18-7-2-3-8-19(18)24)20-12-21(26-14-25-20)30-17-6-4-5-16(23)11-17/h2-8,11-12,14-15H,9-10,13H2,1H3/t15-/m0/s1. The zero-order valence-electron chi connectivity index (χ0n) is 16.3. The molecule has 0 saturated carbocycles. The van der Waals surface area contributed by atoms with Gasteiger partial charge in [-0.15, -0.1) is 0 Å². The number of carbonyl (C=O) groups is 1. The molecule has 0 radical (unpaired) electrons. The minimum atomic E-state index is -0.0552. The number of amides is 1. The minimum absolute atomic E-state index is 0.00483. The molecule has 0 unspecified atom stereocenters. The number of hydrogen-bond donors (Lipinski definition) is 0. The van der Waals surface area contributed by atoms with E-state index >= 15 is 0 Å². The predicted molar refractivity (Wildman–Crippen MR) is 118 cm³/mol. The lowest BCUT2D eigenvalue weighted by molar-refractivity contribution is 0.0674. The van der Waals surface area contributed by atoms with E-state index in [2.05, 4.69) is 14.9 Å². The van der Waals surface area contributed by atoms with Gasteiger partial charge < -0.3 is 14.5 Å². The summed E-state index contributed by atoms with van der Waals surface area (Å²) < 4.78 is 5.81. The van der Waals surface area contributed by atoms with Crippen LogP contribution in [-0.4, -0.2) is 46.5 Å². The molecule has 6 nitrogen and oxygen atoms in total. The number of benzene rings is 2. The third kappa shape index (κ3) is 4.50. The second-order valence-electron chi connectivity index (χ2n) is 7.05. The molecule has 1 fully saturated rings. The van der Waals surface area contributed by atoms with Gasteiger partial charge in [0.1, 0.15) is 17.9 Å². The van der Waals surface area contributed by atoms with Crippen molar-refractivity contribution in [3.8, 4) is 11.6 Å². The fraction of sp³-hybridized carbons (Fsp3) is 0.227. The maximum atomic E-state index is 12.9. The summed E-state index contributed by atoms with van der Waals surface area (Å²) in [5.74, 6) is 1.74. The lowest BCUT2D eigenvalue weighted by atomic mass is 10.1. The molecule has 2 aromatic carbocycles. The summed E-state index contributed by atoms with van der Waals surface area (Å²) in [5.41, 5.74) is 0.527. The van der Waals surface area contributed by atoms with Crippen molar-refractivity contribution in [2.45, 2.75) is 13.0 Å². The number of anilines is 1. The van der Waals surface area contributed by atoms with Gasteiger partial charge in [-0.2, -0.15) is 0 Å². The Hall–Kier alpha value is -2.83. The van der Waals surface area contributed by atoms with E-state index in [9.17, 15) is 4.79 Å². The van der Waals surface area contributed by atoms with Crippen molar-refractivity contribution in [3.63, 3.8) is 0 Å². The topological polar surface area (TPSA) is 58.6 Å². The second kappa shape index (κ2) is 8.90. The molecular weight excluding hydrogens is 423 g/mol. The Kier molecular flexibility index (Phi) is 6.06. The van der Waals surface area contributed by atoms with Crippen molar-refractivity contribution < 1.29 is 9.53 Å². The van der Waals surface area contributed by atoms with Crippen LogP contribution in [0.5, 0.6) is 11.6 Å². The Morgan fingerprint density at radius 1 is 1.07 bits per heavy atom. The molecule has 0 N–H and O–H groups in total. The lowest BCUT2D eigenvalue weighted by Gasteiger charge is -2.40. The van der Waals surface area contributed by atoms with E-state index in [1.807, 2.05) is 36.1 Å². The van der Waals surface area contributed by atoms with Gasteiger partial charge in [0.25, 0.3) is 5.91 Å². The van der Waals surface area contributed by atoms with Crippen LogP contribution in [0.2, 0.25) is 10.0 Å². The Labute approximate surface area is 185 Å². The van der Waals surface area contributed by atoms with Gasteiger partial charge in [-0.05, 0) is 37.3 Å². The molecule has 4 rings (SSSR count). The number of aromatic nitrogens is 2. The molecule has 1 aliphatic rings. The van der Waals surface area contributed by atoms with E-state index in [-0.39, 0.29) is 11.9 Å².